The van der Waals surface area contributed by atoms with Gasteiger partial charge in [-0.05, 0) is 38.8 Å². The van der Waals surface area contributed by atoms with Crippen LogP contribution in [0.5, 0.6) is 5.75 Å². The average Bonchev–Trinajstić information content (AvgIpc) is 2.44. The SMILES string of the molecule is CC(C)=CCC[C@H](C)C(=O)OCCOc1ccccc1. The van der Waals surface area contributed by atoms with E-state index in [2.05, 4.69) is 19.9 Å². The van der Waals surface area contributed by atoms with Crippen LogP contribution >= 0.6 is 0 Å². The van der Waals surface area contributed by atoms with Crippen LogP contribution in [0.15, 0.2) is 42.0 Å². The number of hydrogen-bond acceptors (Lipinski definition) is 3. The third-order valence-electron chi connectivity index (χ3n) is 2.89. The molecule has 0 unspecified atom stereocenters. The van der Waals surface area contributed by atoms with E-state index >= 15 is 0 Å². The van der Waals surface area contributed by atoms with Gasteiger partial charge in [-0.2, -0.15) is 0 Å². The van der Waals surface area contributed by atoms with E-state index in [1.807, 2.05) is 37.3 Å². The summed E-state index contributed by atoms with van der Waals surface area (Å²) in [5, 5.41) is 0. The van der Waals surface area contributed by atoms with Gasteiger partial charge in [0.1, 0.15) is 19.0 Å². The molecule has 0 saturated carbocycles. The van der Waals surface area contributed by atoms with Gasteiger partial charge in [0.15, 0.2) is 0 Å². The number of rotatable bonds is 8. The lowest BCUT2D eigenvalue weighted by molar-refractivity contribution is -0.148. The van der Waals surface area contributed by atoms with Gasteiger partial charge in [-0.1, -0.05) is 36.8 Å². The van der Waals surface area contributed by atoms with E-state index in [-0.39, 0.29) is 11.9 Å². The van der Waals surface area contributed by atoms with Crippen molar-refractivity contribution in [1.82, 2.24) is 0 Å². The quantitative estimate of drug-likeness (QED) is 0.409. The Morgan fingerprint density at radius 1 is 1.20 bits per heavy atom. The summed E-state index contributed by atoms with van der Waals surface area (Å²) >= 11 is 0. The summed E-state index contributed by atoms with van der Waals surface area (Å²) < 4.78 is 10.7. The molecule has 0 bridgehead atoms. The second-order valence-corrected chi connectivity index (χ2v) is 5.09. The molecule has 0 N–H and O–H groups in total. The van der Waals surface area contributed by atoms with Gasteiger partial charge in [-0.3, -0.25) is 4.79 Å². The summed E-state index contributed by atoms with van der Waals surface area (Å²) in [5.74, 6) is 0.575. The van der Waals surface area contributed by atoms with E-state index in [0.717, 1.165) is 18.6 Å². The molecule has 1 aromatic carbocycles. The van der Waals surface area contributed by atoms with Crippen LogP contribution in [-0.2, 0) is 9.53 Å². The summed E-state index contributed by atoms with van der Waals surface area (Å²) in [6.07, 6.45) is 3.88. The normalized spacial score (nSPS) is 11.6. The van der Waals surface area contributed by atoms with Crippen molar-refractivity contribution < 1.29 is 14.3 Å². The molecule has 0 radical (unpaired) electrons. The lowest BCUT2D eigenvalue weighted by Crippen LogP contribution is -2.18. The molecular weight excluding hydrogens is 252 g/mol. The number of esters is 1. The maximum absolute atomic E-state index is 11.7. The van der Waals surface area contributed by atoms with Crippen LogP contribution in [0.4, 0.5) is 0 Å². The fourth-order valence-corrected chi connectivity index (χ4v) is 1.70. The lowest BCUT2D eigenvalue weighted by Gasteiger charge is -2.11. The number of ether oxygens (including phenoxy) is 2. The number of hydrogen-bond donors (Lipinski definition) is 0. The second kappa shape index (κ2) is 9.18. The number of carbonyl (C=O) groups is 1. The van der Waals surface area contributed by atoms with Crippen molar-refractivity contribution in [3.05, 3.63) is 42.0 Å². The highest BCUT2D eigenvalue weighted by atomic mass is 16.6. The Balaban J connectivity index is 2.14. The highest BCUT2D eigenvalue weighted by Crippen LogP contribution is 2.10. The standard InChI is InChI=1S/C17H24O3/c1-14(2)8-7-9-15(3)17(18)20-13-12-19-16-10-5-4-6-11-16/h4-6,8,10-11,15H,7,9,12-13H2,1-3H3/t15-/m0/s1. The van der Waals surface area contributed by atoms with Gasteiger partial charge >= 0.3 is 5.97 Å². The first-order valence-electron chi connectivity index (χ1n) is 7.07. The Bertz CT molecular complexity index is 419. The second-order valence-electron chi connectivity index (χ2n) is 5.09. The van der Waals surface area contributed by atoms with Gasteiger partial charge in [-0.25, -0.2) is 0 Å². The number of benzene rings is 1. The molecule has 0 heterocycles. The van der Waals surface area contributed by atoms with E-state index in [0.29, 0.717) is 13.2 Å². The first-order chi connectivity index (χ1) is 9.59. The Labute approximate surface area is 121 Å². The van der Waals surface area contributed by atoms with Crippen molar-refractivity contribution in [2.75, 3.05) is 13.2 Å². The van der Waals surface area contributed by atoms with Crippen LogP contribution in [-0.4, -0.2) is 19.2 Å². The Kier molecular flexibility index (Phi) is 7.48. The summed E-state index contributed by atoms with van der Waals surface area (Å²) in [6, 6.07) is 9.51. The van der Waals surface area contributed by atoms with Crippen LogP contribution < -0.4 is 4.74 Å². The van der Waals surface area contributed by atoms with Crippen LogP contribution in [0.2, 0.25) is 0 Å². The van der Waals surface area contributed by atoms with Crippen LogP contribution in [0.25, 0.3) is 0 Å². The van der Waals surface area contributed by atoms with Gasteiger partial charge in [-0.15, -0.1) is 0 Å². The number of carbonyl (C=O) groups excluding carboxylic acids is 1. The van der Waals surface area contributed by atoms with Crippen molar-refractivity contribution in [3.8, 4) is 5.75 Å². The molecule has 3 heteroatoms. The number of para-hydroxylation sites is 1. The highest BCUT2D eigenvalue weighted by Gasteiger charge is 2.13. The molecule has 3 nitrogen and oxygen atoms in total. The highest BCUT2D eigenvalue weighted by molar-refractivity contribution is 5.71. The summed E-state index contributed by atoms with van der Waals surface area (Å²) in [7, 11) is 0. The molecule has 0 saturated heterocycles. The largest absolute Gasteiger partial charge is 0.490 e. The summed E-state index contributed by atoms with van der Waals surface area (Å²) in [5.41, 5.74) is 1.28. The maximum atomic E-state index is 11.7. The molecule has 1 aromatic rings. The van der Waals surface area contributed by atoms with Crippen LogP contribution in [0.1, 0.15) is 33.6 Å². The molecule has 0 aliphatic carbocycles. The minimum Gasteiger partial charge on any atom is -0.490 e. The van der Waals surface area contributed by atoms with Crippen LogP contribution in [0.3, 0.4) is 0 Å². The van der Waals surface area contributed by atoms with Crippen molar-refractivity contribution in [2.45, 2.75) is 33.6 Å². The zero-order valence-corrected chi connectivity index (χ0v) is 12.6. The zero-order chi connectivity index (χ0) is 14.8. The Morgan fingerprint density at radius 2 is 1.90 bits per heavy atom. The third kappa shape index (κ3) is 6.98. The van der Waals surface area contributed by atoms with Gasteiger partial charge < -0.3 is 9.47 Å². The molecule has 1 atom stereocenters. The molecule has 0 spiro atoms. The molecule has 0 aliphatic rings. The topological polar surface area (TPSA) is 35.5 Å². The minimum atomic E-state index is -0.149. The van der Waals surface area contributed by atoms with Crippen molar-refractivity contribution in [2.24, 2.45) is 5.92 Å². The molecule has 0 fully saturated rings. The van der Waals surface area contributed by atoms with Crippen molar-refractivity contribution >= 4 is 5.97 Å². The molecule has 110 valence electrons. The fraction of sp³-hybridized carbons (Fsp3) is 0.471. The minimum absolute atomic E-state index is 0.0673. The number of allylic oxidation sites excluding steroid dienone is 2. The van der Waals surface area contributed by atoms with Gasteiger partial charge in [0.2, 0.25) is 0 Å². The monoisotopic (exact) mass is 276 g/mol. The van der Waals surface area contributed by atoms with Crippen molar-refractivity contribution in [1.29, 1.82) is 0 Å². The average molecular weight is 276 g/mol. The smallest absolute Gasteiger partial charge is 0.308 e. The van der Waals surface area contributed by atoms with Gasteiger partial charge in [0.25, 0.3) is 0 Å². The summed E-state index contributed by atoms with van der Waals surface area (Å²) in [6.45, 7) is 6.70. The van der Waals surface area contributed by atoms with E-state index in [1.54, 1.807) is 0 Å². The molecule has 0 aliphatic heterocycles. The maximum Gasteiger partial charge on any atom is 0.308 e. The lowest BCUT2D eigenvalue weighted by atomic mass is 10.1. The molecular formula is C17H24O3. The van der Waals surface area contributed by atoms with Gasteiger partial charge in [0, 0.05) is 0 Å². The third-order valence-corrected chi connectivity index (χ3v) is 2.89. The van der Waals surface area contributed by atoms with E-state index in [9.17, 15) is 4.79 Å². The predicted octanol–water partition coefficient (Wildman–Crippen LogP) is 3.99. The molecule has 0 aromatic heterocycles. The van der Waals surface area contributed by atoms with Gasteiger partial charge in [0.05, 0.1) is 5.92 Å². The molecule has 20 heavy (non-hydrogen) atoms. The molecule has 0 amide bonds. The van der Waals surface area contributed by atoms with E-state index in [4.69, 9.17) is 9.47 Å². The Hall–Kier alpha value is -1.77. The summed E-state index contributed by atoms with van der Waals surface area (Å²) in [4.78, 5) is 11.7. The predicted molar refractivity (Wildman–Crippen MR) is 80.7 cm³/mol. The fourth-order valence-electron chi connectivity index (χ4n) is 1.70. The van der Waals surface area contributed by atoms with Crippen LogP contribution in [0, 0.1) is 5.92 Å². The van der Waals surface area contributed by atoms with E-state index in [1.165, 1.54) is 5.57 Å². The Morgan fingerprint density at radius 3 is 2.55 bits per heavy atom. The van der Waals surface area contributed by atoms with E-state index < -0.39 is 0 Å². The van der Waals surface area contributed by atoms with Crippen molar-refractivity contribution in [3.63, 3.8) is 0 Å². The first kappa shape index (κ1) is 16.3. The first-order valence-corrected chi connectivity index (χ1v) is 7.07. The molecule has 1 rings (SSSR count). The zero-order valence-electron chi connectivity index (χ0n) is 12.6.